The van der Waals surface area contributed by atoms with Crippen LogP contribution in [0.4, 0.5) is 11.4 Å². The van der Waals surface area contributed by atoms with Gasteiger partial charge in [-0.3, -0.25) is 19.7 Å². The highest BCUT2D eigenvalue weighted by molar-refractivity contribution is 7.99. The Balaban J connectivity index is 1.50. The maximum absolute atomic E-state index is 12.3. The largest absolute Gasteiger partial charge is 0.497 e. The number of hydrogen-bond donors (Lipinski definition) is 2. The van der Waals surface area contributed by atoms with Crippen LogP contribution in [0.25, 0.3) is 0 Å². The van der Waals surface area contributed by atoms with Crippen molar-refractivity contribution in [3.8, 4) is 5.75 Å². The minimum Gasteiger partial charge on any atom is -0.497 e. The number of amides is 2. The van der Waals surface area contributed by atoms with Crippen molar-refractivity contribution >= 4 is 35.0 Å². The van der Waals surface area contributed by atoms with E-state index in [9.17, 15) is 19.7 Å². The number of ether oxygens (including phenoxy) is 1. The van der Waals surface area contributed by atoms with Crippen molar-refractivity contribution in [1.29, 1.82) is 0 Å². The zero-order valence-electron chi connectivity index (χ0n) is 18.9. The van der Waals surface area contributed by atoms with E-state index < -0.39 is 4.92 Å². The summed E-state index contributed by atoms with van der Waals surface area (Å²) in [5, 5.41) is 25.1. The Morgan fingerprint density at radius 2 is 1.88 bits per heavy atom. The van der Waals surface area contributed by atoms with Crippen LogP contribution in [0.5, 0.6) is 5.75 Å². The molecule has 1 heterocycles. The second kappa shape index (κ2) is 11.3. The number of aromatic nitrogens is 3. The van der Waals surface area contributed by atoms with Crippen LogP contribution in [0.1, 0.15) is 17.0 Å². The number of hydrogen-bond acceptors (Lipinski definition) is 8. The van der Waals surface area contributed by atoms with Gasteiger partial charge in [0.15, 0.2) is 11.0 Å². The fraction of sp³-hybridized carbons (Fsp3) is 0.273. The third-order valence-electron chi connectivity index (χ3n) is 4.93. The third kappa shape index (κ3) is 6.54. The zero-order valence-corrected chi connectivity index (χ0v) is 19.7. The van der Waals surface area contributed by atoms with Crippen molar-refractivity contribution in [2.75, 3.05) is 18.2 Å². The van der Waals surface area contributed by atoms with Gasteiger partial charge in [0.2, 0.25) is 11.8 Å². The number of nitro benzene ring substituents is 1. The Labute approximate surface area is 200 Å². The van der Waals surface area contributed by atoms with Crippen molar-refractivity contribution in [3.05, 3.63) is 69.5 Å². The van der Waals surface area contributed by atoms with Gasteiger partial charge in [-0.1, -0.05) is 30.0 Å². The van der Waals surface area contributed by atoms with E-state index in [-0.39, 0.29) is 36.2 Å². The van der Waals surface area contributed by atoms with E-state index in [2.05, 4.69) is 20.8 Å². The second-order valence-electron chi connectivity index (χ2n) is 7.35. The molecular formula is C22H24N6O5S. The first kappa shape index (κ1) is 24.7. The molecule has 0 aliphatic rings. The molecule has 1 aromatic heterocycles. The van der Waals surface area contributed by atoms with E-state index in [1.165, 1.54) is 23.9 Å². The van der Waals surface area contributed by atoms with Gasteiger partial charge in [-0.2, -0.15) is 0 Å². The number of non-ortho nitro benzene ring substituents is 1. The smallest absolute Gasteiger partial charge is 0.271 e. The van der Waals surface area contributed by atoms with Crippen LogP contribution in [0.2, 0.25) is 0 Å². The number of carbonyl (C=O) groups is 2. The molecule has 3 aromatic rings. The Morgan fingerprint density at radius 1 is 1.15 bits per heavy atom. The molecule has 2 aromatic carbocycles. The van der Waals surface area contributed by atoms with Gasteiger partial charge in [0.1, 0.15) is 5.75 Å². The summed E-state index contributed by atoms with van der Waals surface area (Å²) in [4.78, 5) is 35.0. The van der Waals surface area contributed by atoms with Crippen LogP contribution >= 0.6 is 11.8 Å². The van der Waals surface area contributed by atoms with Crippen molar-refractivity contribution in [2.45, 2.75) is 25.0 Å². The molecule has 12 heteroatoms. The van der Waals surface area contributed by atoms with E-state index in [4.69, 9.17) is 4.74 Å². The van der Waals surface area contributed by atoms with Crippen LogP contribution in [0.3, 0.4) is 0 Å². The monoisotopic (exact) mass is 484 g/mol. The third-order valence-corrected chi connectivity index (χ3v) is 5.95. The summed E-state index contributed by atoms with van der Waals surface area (Å²) in [6, 6.07) is 11.5. The quantitative estimate of drug-likeness (QED) is 0.254. The summed E-state index contributed by atoms with van der Waals surface area (Å²) in [6.45, 7) is 1.95. The van der Waals surface area contributed by atoms with Crippen LogP contribution in [-0.2, 0) is 29.6 Å². The highest BCUT2D eigenvalue weighted by Gasteiger charge is 2.15. The lowest BCUT2D eigenvalue weighted by atomic mass is 10.1. The fourth-order valence-corrected chi connectivity index (χ4v) is 3.70. The van der Waals surface area contributed by atoms with Crippen LogP contribution < -0.4 is 15.4 Å². The lowest BCUT2D eigenvalue weighted by Crippen LogP contribution is -2.26. The average Bonchev–Trinajstić information content (AvgIpc) is 3.17. The molecule has 0 fully saturated rings. The number of aryl methyl sites for hydroxylation is 1. The minimum atomic E-state index is -0.513. The van der Waals surface area contributed by atoms with Crippen molar-refractivity contribution in [1.82, 2.24) is 20.1 Å². The average molecular weight is 485 g/mol. The topological polar surface area (TPSA) is 141 Å². The lowest BCUT2D eigenvalue weighted by molar-refractivity contribution is -0.384. The SMILES string of the molecule is COc1ccc(CC(=O)NCc2nnc(SCC(=O)Nc3cc([N+](=O)[O-])ccc3C)n2C)cc1. The molecule has 3 rings (SSSR count). The normalized spacial score (nSPS) is 10.6. The number of thioether (sulfide) groups is 1. The summed E-state index contributed by atoms with van der Waals surface area (Å²) in [6.07, 6.45) is 0.223. The van der Waals surface area contributed by atoms with E-state index in [0.29, 0.717) is 16.7 Å². The minimum absolute atomic E-state index is 0.0396. The molecule has 0 aliphatic heterocycles. The molecule has 0 spiro atoms. The predicted octanol–water partition coefficient (Wildman–Crippen LogP) is 2.63. The number of carbonyl (C=O) groups excluding carboxylic acids is 2. The van der Waals surface area contributed by atoms with Gasteiger partial charge in [0.05, 0.1) is 36.4 Å². The van der Waals surface area contributed by atoms with Gasteiger partial charge in [0.25, 0.3) is 5.69 Å². The van der Waals surface area contributed by atoms with Crippen molar-refractivity contribution in [3.63, 3.8) is 0 Å². The summed E-state index contributed by atoms with van der Waals surface area (Å²) in [5.74, 6) is 0.820. The Bertz CT molecular complexity index is 1190. The molecule has 34 heavy (non-hydrogen) atoms. The lowest BCUT2D eigenvalue weighted by Gasteiger charge is -2.08. The fourth-order valence-electron chi connectivity index (χ4n) is 2.97. The summed E-state index contributed by atoms with van der Waals surface area (Å²) in [7, 11) is 3.33. The Morgan fingerprint density at radius 3 is 2.56 bits per heavy atom. The van der Waals surface area contributed by atoms with E-state index in [0.717, 1.165) is 16.9 Å². The standard InChI is InChI=1S/C22H24N6O5S/c1-14-4-7-16(28(31)32)11-18(14)24-21(30)13-34-22-26-25-19(27(22)2)12-23-20(29)10-15-5-8-17(33-3)9-6-15/h4-9,11H,10,12-13H2,1-3H3,(H,23,29)(H,24,30). The molecule has 0 radical (unpaired) electrons. The highest BCUT2D eigenvalue weighted by Crippen LogP contribution is 2.23. The van der Waals surface area contributed by atoms with E-state index in [1.807, 2.05) is 12.1 Å². The van der Waals surface area contributed by atoms with Crippen molar-refractivity contribution in [2.24, 2.45) is 7.05 Å². The number of nitrogens with one attached hydrogen (secondary N) is 2. The molecule has 2 N–H and O–H groups in total. The molecule has 0 aliphatic carbocycles. The molecule has 0 unspecified atom stereocenters. The van der Waals surface area contributed by atoms with Gasteiger partial charge >= 0.3 is 0 Å². The van der Waals surface area contributed by atoms with Gasteiger partial charge in [-0.05, 0) is 30.2 Å². The van der Waals surface area contributed by atoms with Gasteiger partial charge in [-0.25, -0.2) is 0 Å². The maximum atomic E-state index is 12.3. The number of rotatable bonds is 10. The van der Waals surface area contributed by atoms with Gasteiger partial charge in [-0.15, -0.1) is 10.2 Å². The van der Waals surface area contributed by atoms with Crippen LogP contribution in [0.15, 0.2) is 47.6 Å². The van der Waals surface area contributed by atoms with Gasteiger partial charge < -0.3 is 19.9 Å². The molecule has 178 valence electrons. The first-order valence-corrected chi connectivity index (χ1v) is 11.2. The van der Waals surface area contributed by atoms with Crippen molar-refractivity contribution < 1.29 is 19.2 Å². The highest BCUT2D eigenvalue weighted by atomic mass is 32.2. The number of methoxy groups -OCH3 is 1. The Hall–Kier alpha value is -3.93. The predicted molar refractivity (Wildman–Crippen MR) is 127 cm³/mol. The first-order chi connectivity index (χ1) is 16.3. The second-order valence-corrected chi connectivity index (χ2v) is 8.30. The first-order valence-electron chi connectivity index (χ1n) is 10.2. The molecule has 0 saturated carbocycles. The molecule has 11 nitrogen and oxygen atoms in total. The molecule has 0 bridgehead atoms. The number of anilines is 1. The van der Waals surface area contributed by atoms with E-state index in [1.54, 1.807) is 43.8 Å². The molecule has 2 amide bonds. The molecule has 0 saturated heterocycles. The summed E-state index contributed by atoms with van der Waals surface area (Å²) < 4.78 is 6.81. The number of nitrogens with zero attached hydrogens (tertiary/aromatic N) is 4. The zero-order chi connectivity index (χ0) is 24.7. The maximum Gasteiger partial charge on any atom is 0.271 e. The molecule has 0 atom stereocenters. The van der Waals surface area contributed by atoms with Crippen LogP contribution in [-0.4, -0.2) is 44.4 Å². The van der Waals surface area contributed by atoms with E-state index >= 15 is 0 Å². The summed E-state index contributed by atoms with van der Waals surface area (Å²) >= 11 is 1.17. The number of nitro groups is 1. The Kier molecular flexibility index (Phi) is 8.19. The molecular weight excluding hydrogens is 460 g/mol. The summed E-state index contributed by atoms with van der Waals surface area (Å²) in [5.41, 5.74) is 1.87. The van der Waals surface area contributed by atoms with Gasteiger partial charge in [0, 0.05) is 19.2 Å². The van der Waals surface area contributed by atoms with Crippen LogP contribution in [0, 0.1) is 17.0 Å². The number of benzene rings is 2.